The van der Waals surface area contributed by atoms with Gasteiger partial charge in [0, 0.05) is 19.0 Å². The fourth-order valence-corrected chi connectivity index (χ4v) is 5.03. The third kappa shape index (κ3) is 3.24. The molecule has 1 heterocycles. The lowest BCUT2D eigenvalue weighted by Crippen LogP contribution is -2.52. The molecule has 3 aliphatic carbocycles. The maximum absolute atomic E-state index is 13.1. The topological polar surface area (TPSA) is 74.8 Å². The van der Waals surface area contributed by atoms with E-state index in [-0.39, 0.29) is 11.2 Å². The van der Waals surface area contributed by atoms with E-state index in [0.717, 1.165) is 43.1 Å². The van der Waals surface area contributed by atoms with Crippen molar-refractivity contribution in [2.45, 2.75) is 92.6 Å². The monoisotopic (exact) mass is 373 g/mol. The van der Waals surface area contributed by atoms with Crippen molar-refractivity contribution in [2.75, 3.05) is 7.05 Å². The molecule has 0 saturated heterocycles. The molecule has 0 N–H and O–H groups in total. The van der Waals surface area contributed by atoms with Gasteiger partial charge in [0.25, 0.3) is 0 Å². The summed E-state index contributed by atoms with van der Waals surface area (Å²) < 4.78 is 2.28. The van der Waals surface area contributed by atoms with E-state index in [0.29, 0.717) is 12.0 Å². The van der Waals surface area contributed by atoms with Crippen LogP contribution in [0.1, 0.15) is 82.5 Å². The predicted octanol–water partition coefficient (Wildman–Crippen LogP) is 3.66. The number of hydrogen-bond acceptors (Lipinski definition) is 5. The summed E-state index contributed by atoms with van der Waals surface area (Å²) in [6.45, 7) is 1.93. The second kappa shape index (κ2) is 6.88. The standard InChI is InChI=1S/C19H27N5OS/c1-13(17(25)23(2)19(12-20)10-4-3-5-11-19)26-18-22-21-16(14-6-7-14)24(18)15-8-9-15/h13-15H,3-11H2,1-2H3/t13-/m1/s1. The quantitative estimate of drug-likeness (QED) is 0.712. The first kappa shape index (κ1) is 17.8. The van der Waals surface area contributed by atoms with Gasteiger partial charge >= 0.3 is 0 Å². The lowest BCUT2D eigenvalue weighted by Gasteiger charge is -2.40. The van der Waals surface area contributed by atoms with Crippen LogP contribution < -0.4 is 0 Å². The Morgan fingerprint density at radius 1 is 1.27 bits per heavy atom. The van der Waals surface area contributed by atoms with Crippen LogP contribution in [0.2, 0.25) is 0 Å². The van der Waals surface area contributed by atoms with Gasteiger partial charge in [-0.05, 0) is 45.4 Å². The van der Waals surface area contributed by atoms with E-state index in [1.54, 1.807) is 11.9 Å². The van der Waals surface area contributed by atoms with E-state index in [4.69, 9.17) is 0 Å². The molecule has 0 unspecified atom stereocenters. The smallest absolute Gasteiger partial charge is 0.236 e. The Kier molecular flexibility index (Phi) is 4.72. The summed E-state index contributed by atoms with van der Waals surface area (Å²) in [5, 5.41) is 19.2. The minimum Gasteiger partial charge on any atom is -0.326 e. The second-order valence-electron chi connectivity index (χ2n) is 8.08. The van der Waals surface area contributed by atoms with Crippen LogP contribution in [0.15, 0.2) is 5.16 Å². The van der Waals surface area contributed by atoms with Crippen LogP contribution in [0, 0.1) is 11.3 Å². The first-order valence-corrected chi connectivity index (χ1v) is 10.7. The summed E-state index contributed by atoms with van der Waals surface area (Å²) in [6.07, 6.45) is 9.55. The molecule has 0 bridgehead atoms. The van der Waals surface area contributed by atoms with Crippen LogP contribution in [0.4, 0.5) is 0 Å². The van der Waals surface area contributed by atoms with Crippen molar-refractivity contribution in [3.63, 3.8) is 0 Å². The Morgan fingerprint density at radius 2 is 1.96 bits per heavy atom. The van der Waals surface area contributed by atoms with Gasteiger partial charge in [0.15, 0.2) is 5.16 Å². The van der Waals surface area contributed by atoms with Gasteiger partial charge in [0.2, 0.25) is 5.91 Å². The third-order valence-corrected chi connectivity index (χ3v) is 7.08. The van der Waals surface area contributed by atoms with E-state index in [1.807, 2.05) is 6.92 Å². The third-order valence-electron chi connectivity index (χ3n) is 6.04. The minimum atomic E-state index is -0.631. The average Bonchev–Trinajstić information content (AvgIpc) is 3.60. The highest BCUT2D eigenvalue weighted by atomic mass is 32.2. The zero-order chi connectivity index (χ0) is 18.3. The van der Waals surface area contributed by atoms with Gasteiger partial charge in [0.05, 0.1) is 11.3 Å². The van der Waals surface area contributed by atoms with Gasteiger partial charge in [-0.1, -0.05) is 31.0 Å². The number of thioether (sulfide) groups is 1. The second-order valence-corrected chi connectivity index (χ2v) is 9.39. The van der Waals surface area contributed by atoms with E-state index >= 15 is 0 Å². The zero-order valence-electron chi connectivity index (χ0n) is 15.6. The number of amides is 1. The van der Waals surface area contributed by atoms with Crippen LogP contribution in [-0.2, 0) is 4.79 Å². The molecule has 3 aliphatic rings. The number of rotatable bonds is 6. The van der Waals surface area contributed by atoms with E-state index in [2.05, 4.69) is 20.8 Å². The molecule has 0 aliphatic heterocycles. The average molecular weight is 374 g/mol. The number of aromatic nitrogens is 3. The largest absolute Gasteiger partial charge is 0.326 e. The Balaban J connectivity index is 1.48. The zero-order valence-corrected chi connectivity index (χ0v) is 16.5. The molecule has 140 valence electrons. The van der Waals surface area contributed by atoms with Gasteiger partial charge in [-0.25, -0.2) is 0 Å². The maximum atomic E-state index is 13.1. The number of carbonyl (C=O) groups is 1. The van der Waals surface area contributed by atoms with Gasteiger partial charge < -0.3 is 9.47 Å². The normalized spacial score (nSPS) is 23.3. The van der Waals surface area contributed by atoms with Gasteiger partial charge in [-0.2, -0.15) is 5.26 Å². The predicted molar refractivity (Wildman–Crippen MR) is 99.8 cm³/mol. The molecule has 0 aromatic carbocycles. The fourth-order valence-electron chi connectivity index (χ4n) is 4.02. The first-order valence-electron chi connectivity index (χ1n) is 9.86. The molecule has 26 heavy (non-hydrogen) atoms. The number of nitriles is 1. The fraction of sp³-hybridized carbons (Fsp3) is 0.789. The van der Waals surface area contributed by atoms with Gasteiger partial charge in [0.1, 0.15) is 11.4 Å². The molecule has 1 amide bonds. The van der Waals surface area contributed by atoms with Crippen molar-refractivity contribution in [3.8, 4) is 6.07 Å². The summed E-state index contributed by atoms with van der Waals surface area (Å²) in [7, 11) is 1.80. The highest BCUT2D eigenvalue weighted by Crippen LogP contribution is 2.46. The molecule has 1 aromatic rings. The van der Waals surface area contributed by atoms with Crippen LogP contribution in [-0.4, -0.2) is 43.4 Å². The first-order chi connectivity index (χ1) is 12.6. The number of carbonyl (C=O) groups excluding carboxylic acids is 1. The van der Waals surface area contributed by atoms with Crippen LogP contribution >= 0.6 is 11.8 Å². The summed E-state index contributed by atoms with van der Waals surface area (Å²) in [5.74, 6) is 1.70. The van der Waals surface area contributed by atoms with Crippen LogP contribution in [0.25, 0.3) is 0 Å². The highest BCUT2D eigenvalue weighted by molar-refractivity contribution is 8.00. The molecule has 7 heteroatoms. The molecule has 0 spiro atoms. The number of nitrogens with zero attached hydrogens (tertiary/aromatic N) is 5. The van der Waals surface area contributed by atoms with Crippen molar-refractivity contribution in [2.24, 2.45) is 0 Å². The lowest BCUT2D eigenvalue weighted by molar-refractivity contribution is -0.133. The highest BCUT2D eigenvalue weighted by Gasteiger charge is 2.41. The van der Waals surface area contributed by atoms with E-state index < -0.39 is 5.54 Å². The molecular formula is C19H27N5OS. The van der Waals surface area contributed by atoms with Crippen molar-refractivity contribution in [1.82, 2.24) is 19.7 Å². The van der Waals surface area contributed by atoms with Gasteiger partial charge in [-0.15, -0.1) is 10.2 Å². The molecular weight excluding hydrogens is 346 g/mol. The SMILES string of the molecule is C[C@@H](Sc1nnc(C2CC2)n1C1CC1)C(=O)N(C)C1(C#N)CCCCC1. The van der Waals surface area contributed by atoms with Crippen molar-refractivity contribution >= 4 is 17.7 Å². The molecule has 6 nitrogen and oxygen atoms in total. The Hall–Kier alpha value is -1.55. The summed E-state index contributed by atoms with van der Waals surface area (Å²) in [4.78, 5) is 14.8. The van der Waals surface area contributed by atoms with Crippen LogP contribution in [0.3, 0.4) is 0 Å². The lowest BCUT2D eigenvalue weighted by atomic mass is 9.81. The minimum absolute atomic E-state index is 0.0248. The Bertz CT molecular complexity index is 725. The van der Waals surface area contributed by atoms with Crippen LogP contribution in [0.5, 0.6) is 0 Å². The van der Waals surface area contributed by atoms with Crippen molar-refractivity contribution in [3.05, 3.63) is 5.82 Å². The van der Waals surface area contributed by atoms with Gasteiger partial charge in [-0.3, -0.25) is 4.79 Å². The molecule has 1 aromatic heterocycles. The molecule has 1 atom stereocenters. The molecule has 3 fully saturated rings. The Morgan fingerprint density at radius 3 is 2.54 bits per heavy atom. The van der Waals surface area contributed by atoms with E-state index in [1.165, 1.54) is 37.4 Å². The summed E-state index contributed by atoms with van der Waals surface area (Å²) in [5.41, 5.74) is -0.631. The van der Waals surface area contributed by atoms with Crippen molar-refractivity contribution in [1.29, 1.82) is 5.26 Å². The Labute approximate surface area is 159 Å². The summed E-state index contributed by atoms with van der Waals surface area (Å²) in [6, 6.07) is 2.97. The molecule has 4 rings (SSSR count). The molecule has 3 saturated carbocycles. The molecule has 0 radical (unpaired) electrons. The number of hydrogen-bond donors (Lipinski definition) is 0. The van der Waals surface area contributed by atoms with Crippen molar-refractivity contribution < 1.29 is 4.79 Å². The maximum Gasteiger partial charge on any atom is 0.236 e. The summed E-state index contributed by atoms with van der Waals surface area (Å²) >= 11 is 1.50. The van der Waals surface area contributed by atoms with E-state index in [9.17, 15) is 10.1 Å².